The van der Waals surface area contributed by atoms with Crippen molar-refractivity contribution in [1.82, 2.24) is 5.43 Å². The second-order valence-electron chi connectivity index (χ2n) is 10.5. The number of benzene rings is 1. The Kier molecular flexibility index (Phi) is 9.63. The summed E-state index contributed by atoms with van der Waals surface area (Å²) in [6, 6.07) is 9.30. The van der Waals surface area contributed by atoms with Gasteiger partial charge in [-0.1, -0.05) is 78.0 Å². The first-order valence-electron chi connectivity index (χ1n) is 11.7. The second kappa shape index (κ2) is 11.7. The third kappa shape index (κ3) is 8.65. The Morgan fingerprint density at radius 2 is 1.83 bits per heavy atom. The number of hydrogen-bond acceptors (Lipinski definition) is 4. The van der Waals surface area contributed by atoms with E-state index in [2.05, 4.69) is 33.1 Å². The molecule has 1 saturated carbocycles. The molecule has 1 aliphatic rings. The number of carbonyl (C=O) groups excluding carboxylic acids is 1. The Labute approximate surface area is 183 Å². The van der Waals surface area contributed by atoms with E-state index in [1.807, 2.05) is 35.3 Å². The number of para-hydroxylation sites is 1. The highest BCUT2D eigenvalue weighted by atomic mass is 16.3. The van der Waals surface area contributed by atoms with Crippen molar-refractivity contribution in [3.8, 4) is 0 Å². The fraction of sp³-hybridized carbons (Fsp3) is 0.720. The molecule has 5 nitrogen and oxygen atoms in total. The molecule has 2 rings (SSSR count). The average molecular weight is 418 g/mol. The van der Waals surface area contributed by atoms with Gasteiger partial charge in [0.15, 0.2) is 0 Å². The van der Waals surface area contributed by atoms with Gasteiger partial charge in [0.2, 0.25) is 0 Å². The number of carbonyl (C=O) groups is 1. The zero-order valence-electron chi connectivity index (χ0n) is 19.4. The Morgan fingerprint density at radius 1 is 1.20 bits per heavy atom. The molecule has 0 aliphatic heterocycles. The predicted molar refractivity (Wildman–Crippen MR) is 125 cm³/mol. The first kappa shape index (κ1) is 24.7. The smallest absolute Gasteiger partial charge is 0.268 e. The van der Waals surface area contributed by atoms with Crippen LogP contribution in [0.25, 0.3) is 0 Å². The van der Waals surface area contributed by atoms with Gasteiger partial charge < -0.3 is 10.8 Å². The summed E-state index contributed by atoms with van der Waals surface area (Å²) in [6.07, 6.45) is 7.66. The van der Waals surface area contributed by atoms with Crippen LogP contribution >= 0.6 is 0 Å². The van der Waals surface area contributed by atoms with Crippen LogP contribution in [0.1, 0.15) is 79.1 Å². The van der Waals surface area contributed by atoms with Crippen LogP contribution in [0.5, 0.6) is 0 Å². The summed E-state index contributed by atoms with van der Waals surface area (Å²) in [6.45, 7) is 9.71. The number of nitrogens with zero attached hydrogens (tertiary/aromatic N) is 1. The van der Waals surface area contributed by atoms with Crippen LogP contribution in [0.3, 0.4) is 0 Å². The van der Waals surface area contributed by atoms with E-state index in [1.54, 1.807) is 0 Å². The molecule has 1 amide bonds. The van der Waals surface area contributed by atoms with Crippen molar-refractivity contribution < 1.29 is 9.90 Å². The lowest BCUT2D eigenvalue weighted by Crippen LogP contribution is -2.53. The molecule has 1 aromatic rings. The minimum absolute atomic E-state index is 0.280. The minimum atomic E-state index is -1.19. The summed E-state index contributed by atoms with van der Waals surface area (Å²) in [5.41, 5.74) is 10.4. The Bertz CT molecular complexity index is 623. The fourth-order valence-corrected chi connectivity index (χ4v) is 4.68. The summed E-state index contributed by atoms with van der Waals surface area (Å²) in [7, 11) is 0. The first-order valence-corrected chi connectivity index (χ1v) is 11.7. The van der Waals surface area contributed by atoms with Crippen molar-refractivity contribution in [2.75, 3.05) is 11.6 Å². The molecule has 0 saturated heterocycles. The van der Waals surface area contributed by atoms with Crippen molar-refractivity contribution in [1.29, 1.82) is 0 Å². The van der Waals surface area contributed by atoms with E-state index in [4.69, 9.17) is 5.73 Å². The van der Waals surface area contributed by atoms with Gasteiger partial charge in [-0.15, -0.1) is 0 Å². The monoisotopic (exact) mass is 417 g/mol. The molecule has 3 atom stereocenters. The van der Waals surface area contributed by atoms with Gasteiger partial charge in [-0.2, -0.15) is 0 Å². The van der Waals surface area contributed by atoms with Crippen LogP contribution in [0.15, 0.2) is 30.3 Å². The Morgan fingerprint density at radius 3 is 2.43 bits per heavy atom. The number of hydrogen-bond donors (Lipinski definition) is 3. The van der Waals surface area contributed by atoms with E-state index in [1.165, 1.54) is 19.3 Å². The highest BCUT2D eigenvalue weighted by Gasteiger charge is 2.28. The van der Waals surface area contributed by atoms with Gasteiger partial charge in [-0.05, 0) is 48.6 Å². The third-order valence-corrected chi connectivity index (χ3v) is 6.12. The number of aliphatic hydroxyl groups is 1. The van der Waals surface area contributed by atoms with Crippen LogP contribution in [-0.4, -0.2) is 29.7 Å². The van der Waals surface area contributed by atoms with Crippen molar-refractivity contribution in [2.24, 2.45) is 23.0 Å². The number of rotatable bonds is 10. The molecule has 170 valence electrons. The molecule has 0 heterocycles. The number of anilines is 1. The van der Waals surface area contributed by atoms with Crippen molar-refractivity contribution in [2.45, 2.75) is 91.2 Å². The van der Waals surface area contributed by atoms with Crippen LogP contribution in [-0.2, 0) is 4.79 Å². The number of hydrazine groups is 1. The van der Waals surface area contributed by atoms with Gasteiger partial charge >= 0.3 is 0 Å². The van der Waals surface area contributed by atoms with Gasteiger partial charge in [0.1, 0.15) is 6.10 Å². The lowest BCUT2D eigenvalue weighted by atomic mass is 9.84. The van der Waals surface area contributed by atoms with Gasteiger partial charge in [-0.25, -0.2) is 0 Å². The molecule has 0 bridgehead atoms. The van der Waals surface area contributed by atoms with Crippen LogP contribution in [0.2, 0.25) is 0 Å². The number of nitrogens with two attached hydrogens (primary N) is 1. The summed E-state index contributed by atoms with van der Waals surface area (Å²) in [5, 5.41) is 12.4. The maximum Gasteiger partial charge on any atom is 0.268 e. The van der Waals surface area contributed by atoms with E-state index in [-0.39, 0.29) is 5.41 Å². The normalized spacial score (nSPS) is 18.5. The topological polar surface area (TPSA) is 78.6 Å². The summed E-state index contributed by atoms with van der Waals surface area (Å²) in [5.74, 6) is 0.650. The molecule has 0 radical (unpaired) electrons. The lowest BCUT2D eigenvalue weighted by molar-refractivity contribution is -0.130. The van der Waals surface area contributed by atoms with E-state index in [0.29, 0.717) is 24.8 Å². The van der Waals surface area contributed by atoms with E-state index in [0.717, 1.165) is 31.4 Å². The lowest BCUT2D eigenvalue weighted by Gasteiger charge is -2.31. The van der Waals surface area contributed by atoms with Crippen LogP contribution in [0.4, 0.5) is 5.69 Å². The fourth-order valence-electron chi connectivity index (χ4n) is 4.68. The van der Waals surface area contributed by atoms with Gasteiger partial charge in [0.05, 0.1) is 5.69 Å². The summed E-state index contributed by atoms with van der Waals surface area (Å²) >= 11 is 0. The second-order valence-corrected chi connectivity index (χ2v) is 10.5. The number of amides is 1. The quantitative estimate of drug-likeness (QED) is 0.484. The minimum Gasteiger partial charge on any atom is -0.382 e. The zero-order chi connectivity index (χ0) is 22.1. The van der Waals surface area contributed by atoms with Crippen molar-refractivity contribution in [3.05, 3.63) is 30.3 Å². The number of nitrogens with one attached hydrogen (secondary N) is 1. The summed E-state index contributed by atoms with van der Waals surface area (Å²) in [4.78, 5) is 12.8. The third-order valence-electron chi connectivity index (χ3n) is 6.12. The zero-order valence-corrected chi connectivity index (χ0v) is 19.4. The Hall–Kier alpha value is -1.59. The van der Waals surface area contributed by atoms with Crippen molar-refractivity contribution >= 4 is 11.6 Å². The molecule has 0 spiro atoms. The Balaban J connectivity index is 1.95. The molecule has 4 N–H and O–H groups in total. The van der Waals surface area contributed by atoms with E-state index < -0.39 is 18.1 Å². The highest BCUT2D eigenvalue weighted by Crippen LogP contribution is 2.28. The summed E-state index contributed by atoms with van der Waals surface area (Å²) < 4.78 is 0. The van der Waals surface area contributed by atoms with E-state index >= 15 is 0 Å². The first-order chi connectivity index (χ1) is 14.2. The van der Waals surface area contributed by atoms with Gasteiger partial charge in [0.25, 0.3) is 5.91 Å². The largest absolute Gasteiger partial charge is 0.382 e. The molecule has 0 aromatic heterocycles. The molecule has 5 heteroatoms. The standard InChI is InChI=1S/C25H43N3O2/c1-19(18-25(2,3)4)15-16-28(21-13-9-6-10-14-21)27-24(30)23(29)22(26)17-20-11-7-5-8-12-20/h6,9-10,13-14,19-20,22-23,29H,5,7-8,11-12,15-18,26H2,1-4H3,(H,27,30)/t19?,22-,23?/m1/s1. The molecule has 1 fully saturated rings. The molecule has 1 aliphatic carbocycles. The number of aliphatic hydroxyl groups excluding tert-OH is 1. The van der Waals surface area contributed by atoms with E-state index in [9.17, 15) is 9.90 Å². The molecule has 2 unspecified atom stereocenters. The molecular formula is C25H43N3O2. The SMILES string of the molecule is CC(CCN(NC(=O)C(O)[C@H](N)CC1CCCCC1)c1ccccc1)CC(C)(C)C. The van der Waals surface area contributed by atoms with Crippen LogP contribution < -0.4 is 16.2 Å². The maximum absolute atomic E-state index is 12.8. The predicted octanol–water partition coefficient (Wildman–Crippen LogP) is 4.65. The van der Waals surface area contributed by atoms with Gasteiger partial charge in [0, 0.05) is 12.6 Å². The highest BCUT2D eigenvalue weighted by molar-refractivity contribution is 5.82. The molecule has 1 aromatic carbocycles. The molecular weight excluding hydrogens is 374 g/mol. The molecule has 30 heavy (non-hydrogen) atoms. The maximum atomic E-state index is 12.8. The van der Waals surface area contributed by atoms with Crippen molar-refractivity contribution in [3.63, 3.8) is 0 Å². The van der Waals surface area contributed by atoms with Crippen LogP contribution in [0, 0.1) is 17.3 Å². The average Bonchev–Trinajstić information content (AvgIpc) is 2.70. The van der Waals surface area contributed by atoms with Gasteiger partial charge in [-0.3, -0.25) is 15.2 Å².